The Balaban J connectivity index is 1.91. The van der Waals surface area contributed by atoms with Crippen molar-refractivity contribution in [3.8, 4) is 0 Å². The van der Waals surface area contributed by atoms with Gasteiger partial charge >= 0.3 is 6.09 Å². The van der Waals surface area contributed by atoms with Crippen LogP contribution in [-0.2, 0) is 4.74 Å². The Kier molecular flexibility index (Phi) is 5.38. The smallest absolute Gasteiger partial charge is 0.409 e. The van der Waals surface area contributed by atoms with Crippen LogP contribution in [0.4, 0.5) is 10.5 Å². The lowest BCUT2D eigenvalue weighted by Crippen LogP contribution is -2.49. The molecule has 2 rings (SSSR count). The third-order valence-electron chi connectivity index (χ3n) is 3.76. The summed E-state index contributed by atoms with van der Waals surface area (Å²) in [5.41, 5.74) is 7.97. The number of anilines is 1. The number of hydrogen-bond acceptors (Lipinski definition) is 5. The third-order valence-corrected chi connectivity index (χ3v) is 3.76. The van der Waals surface area contributed by atoms with E-state index in [9.17, 15) is 4.79 Å². The first kappa shape index (κ1) is 15.6. The van der Waals surface area contributed by atoms with Crippen LogP contribution in [0.2, 0.25) is 0 Å². The second-order valence-corrected chi connectivity index (χ2v) is 5.13. The van der Waals surface area contributed by atoms with Gasteiger partial charge < -0.3 is 20.3 Å². The molecule has 1 saturated heterocycles. The number of pyridine rings is 1. The van der Waals surface area contributed by atoms with Crippen LogP contribution in [0.15, 0.2) is 18.3 Å². The highest BCUT2D eigenvalue weighted by molar-refractivity contribution is 5.68. The molecular formula is C15H24N4O2. The van der Waals surface area contributed by atoms with Crippen molar-refractivity contribution in [2.24, 2.45) is 5.73 Å². The molecule has 0 bridgehead atoms. The minimum Gasteiger partial charge on any atom is -0.450 e. The maximum Gasteiger partial charge on any atom is 0.409 e. The van der Waals surface area contributed by atoms with E-state index >= 15 is 0 Å². The standard InChI is InChI=1S/C15H24N4O2/c1-3-13(16)14-6-5-12(11-17-14)18-7-9-19(10-8-18)15(20)21-4-2/h5-6,11,13H,3-4,7-10,16H2,1-2H3. The van der Waals surface area contributed by atoms with Gasteiger partial charge in [0.25, 0.3) is 0 Å². The molecule has 1 unspecified atom stereocenters. The summed E-state index contributed by atoms with van der Waals surface area (Å²) >= 11 is 0. The van der Waals surface area contributed by atoms with Crippen LogP contribution < -0.4 is 10.6 Å². The Morgan fingerprint density at radius 1 is 1.33 bits per heavy atom. The first-order valence-corrected chi connectivity index (χ1v) is 7.53. The first-order valence-electron chi connectivity index (χ1n) is 7.53. The minimum absolute atomic E-state index is 0.000267. The molecule has 1 aliphatic heterocycles. The molecule has 0 saturated carbocycles. The molecule has 2 heterocycles. The maximum atomic E-state index is 11.7. The number of nitrogens with zero attached hydrogens (tertiary/aromatic N) is 3. The van der Waals surface area contributed by atoms with Gasteiger partial charge in [-0.25, -0.2) is 4.79 Å². The summed E-state index contributed by atoms with van der Waals surface area (Å²) in [4.78, 5) is 20.1. The summed E-state index contributed by atoms with van der Waals surface area (Å²) in [5, 5.41) is 0. The fourth-order valence-corrected chi connectivity index (χ4v) is 2.38. The molecule has 21 heavy (non-hydrogen) atoms. The van der Waals surface area contributed by atoms with E-state index in [4.69, 9.17) is 10.5 Å². The summed E-state index contributed by atoms with van der Waals surface area (Å²) in [5.74, 6) is 0. The summed E-state index contributed by atoms with van der Waals surface area (Å²) in [6.07, 6.45) is 2.52. The number of rotatable bonds is 4. The Labute approximate surface area is 125 Å². The van der Waals surface area contributed by atoms with Gasteiger partial charge in [-0.05, 0) is 25.5 Å². The molecule has 116 valence electrons. The van der Waals surface area contributed by atoms with Crippen molar-refractivity contribution in [2.75, 3.05) is 37.7 Å². The van der Waals surface area contributed by atoms with Crippen molar-refractivity contribution in [3.05, 3.63) is 24.0 Å². The zero-order chi connectivity index (χ0) is 15.2. The quantitative estimate of drug-likeness (QED) is 0.915. The van der Waals surface area contributed by atoms with Crippen molar-refractivity contribution < 1.29 is 9.53 Å². The van der Waals surface area contributed by atoms with E-state index < -0.39 is 0 Å². The van der Waals surface area contributed by atoms with Crippen molar-refractivity contribution in [3.63, 3.8) is 0 Å². The summed E-state index contributed by atoms with van der Waals surface area (Å²) in [6.45, 7) is 7.23. The molecule has 6 heteroatoms. The molecule has 1 aromatic rings. The van der Waals surface area contributed by atoms with E-state index in [0.717, 1.165) is 30.9 Å². The molecule has 1 fully saturated rings. The van der Waals surface area contributed by atoms with Crippen molar-refractivity contribution in [2.45, 2.75) is 26.3 Å². The van der Waals surface area contributed by atoms with Gasteiger partial charge in [0, 0.05) is 32.2 Å². The molecular weight excluding hydrogens is 268 g/mol. The highest BCUT2D eigenvalue weighted by atomic mass is 16.6. The van der Waals surface area contributed by atoms with E-state index in [1.165, 1.54) is 0 Å². The number of nitrogens with two attached hydrogens (primary N) is 1. The van der Waals surface area contributed by atoms with Crippen LogP contribution in [0.3, 0.4) is 0 Å². The number of carbonyl (C=O) groups is 1. The van der Waals surface area contributed by atoms with Crippen LogP contribution >= 0.6 is 0 Å². The average molecular weight is 292 g/mol. The summed E-state index contributed by atoms with van der Waals surface area (Å²) in [7, 11) is 0. The molecule has 0 aliphatic carbocycles. The van der Waals surface area contributed by atoms with E-state index in [1.807, 2.05) is 19.2 Å². The SMILES string of the molecule is CCOC(=O)N1CCN(c2ccc(C(N)CC)nc2)CC1. The number of hydrogen-bond donors (Lipinski definition) is 1. The molecule has 2 N–H and O–H groups in total. The monoisotopic (exact) mass is 292 g/mol. The third kappa shape index (κ3) is 3.85. The van der Waals surface area contributed by atoms with Crippen LogP contribution in [0.1, 0.15) is 32.0 Å². The lowest BCUT2D eigenvalue weighted by molar-refractivity contribution is 0.105. The fraction of sp³-hybridized carbons (Fsp3) is 0.600. The zero-order valence-electron chi connectivity index (χ0n) is 12.8. The number of carbonyl (C=O) groups excluding carboxylic acids is 1. The largest absolute Gasteiger partial charge is 0.450 e. The first-order chi connectivity index (χ1) is 10.2. The average Bonchev–Trinajstić information content (AvgIpc) is 2.54. The number of amides is 1. The predicted molar refractivity (Wildman–Crippen MR) is 82.3 cm³/mol. The van der Waals surface area contributed by atoms with Gasteiger partial charge in [-0.3, -0.25) is 4.98 Å². The van der Waals surface area contributed by atoms with E-state index in [-0.39, 0.29) is 12.1 Å². The zero-order valence-corrected chi connectivity index (χ0v) is 12.8. The Morgan fingerprint density at radius 2 is 2.05 bits per heavy atom. The predicted octanol–water partition coefficient (Wildman–Crippen LogP) is 1.77. The van der Waals surface area contributed by atoms with Gasteiger partial charge in [-0.1, -0.05) is 6.92 Å². The normalized spacial score (nSPS) is 16.7. The van der Waals surface area contributed by atoms with Crippen molar-refractivity contribution in [1.29, 1.82) is 0 Å². The highest BCUT2D eigenvalue weighted by Gasteiger charge is 2.22. The van der Waals surface area contributed by atoms with Crippen LogP contribution in [0.25, 0.3) is 0 Å². The van der Waals surface area contributed by atoms with Gasteiger partial charge in [-0.15, -0.1) is 0 Å². The number of ether oxygens (including phenoxy) is 1. The molecule has 1 atom stereocenters. The van der Waals surface area contributed by atoms with Gasteiger partial charge in [0.15, 0.2) is 0 Å². The van der Waals surface area contributed by atoms with Gasteiger partial charge in [0.2, 0.25) is 0 Å². The minimum atomic E-state index is -0.223. The van der Waals surface area contributed by atoms with Crippen molar-refractivity contribution >= 4 is 11.8 Å². The van der Waals surface area contributed by atoms with Crippen LogP contribution in [-0.4, -0.2) is 48.8 Å². The van der Waals surface area contributed by atoms with Gasteiger partial charge in [0.1, 0.15) is 0 Å². The van der Waals surface area contributed by atoms with Crippen LogP contribution in [0.5, 0.6) is 0 Å². The fourth-order valence-electron chi connectivity index (χ4n) is 2.38. The van der Waals surface area contributed by atoms with E-state index in [0.29, 0.717) is 19.7 Å². The topological polar surface area (TPSA) is 71.7 Å². The van der Waals surface area contributed by atoms with Gasteiger partial charge in [0.05, 0.1) is 24.2 Å². The molecule has 1 aliphatic rings. The molecule has 1 amide bonds. The Bertz CT molecular complexity index is 455. The molecule has 0 aromatic carbocycles. The number of aromatic nitrogens is 1. The Hall–Kier alpha value is -1.82. The highest BCUT2D eigenvalue weighted by Crippen LogP contribution is 2.18. The molecule has 0 spiro atoms. The number of piperazine rings is 1. The summed E-state index contributed by atoms with van der Waals surface area (Å²) in [6, 6.07) is 4.04. The van der Waals surface area contributed by atoms with Gasteiger partial charge in [-0.2, -0.15) is 0 Å². The lowest BCUT2D eigenvalue weighted by atomic mass is 10.1. The van der Waals surface area contributed by atoms with Crippen molar-refractivity contribution in [1.82, 2.24) is 9.88 Å². The second-order valence-electron chi connectivity index (χ2n) is 5.13. The molecule has 1 aromatic heterocycles. The maximum absolute atomic E-state index is 11.7. The lowest BCUT2D eigenvalue weighted by Gasteiger charge is -2.35. The second kappa shape index (κ2) is 7.26. The van der Waals surface area contributed by atoms with Crippen LogP contribution in [0, 0.1) is 0 Å². The van der Waals surface area contributed by atoms with E-state index in [2.05, 4.69) is 22.9 Å². The summed E-state index contributed by atoms with van der Waals surface area (Å²) < 4.78 is 5.02. The van der Waals surface area contributed by atoms with E-state index in [1.54, 1.807) is 4.90 Å². The Morgan fingerprint density at radius 3 is 2.57 bits per heavy atom. The molecule has 6 nitrogen and oxygen atoms in total. The molecule has 0 radical (unpaired) electrons.